The van der Waals surface area contributed by atoms with E-state index in [0.717, 1.165) is 27.1 Å². The first-order chi connectivity index (χ1) is 12.7. The minimum absolute atomic E-state index is 0.0667. The largest absolute Gasteiger partial charge is 0.494 e. The van der Waals surface area contributed by atoms with E-state index in [1.165, 1.54) is 0 Å². The summed E-state index contributed by atoms with van der Waals surface area (Å²) in [6.45, 7) is 3.88. The van der Waals surface area contributed by atoms with Gasteiger partial charge in [-0.1, -0.05) is 53.7 Å². The SMILES string of the molecule is CCOc1ccc(CC(=O)N2CCN=C2SCc2ccccc2Cl)cc1. The Bertz CT molecular complexity index is 793. The zero-order chi connectivity index (χ0) is 18.4. The lowest BCUT2D eigenvalue weighted by molar-refractivity contribution is -0.126. The average molecular weight is 389 g/mol. The van der Waals surface area contributed by atoms with Gasteiger partial charge in [-0.3, -0.25) is 14.7 Å². The minimum Gasteiger partial charge on any atom is -0.494 e. The molecule has 6 heteroatoms. The molecule has 1 amide bonds. The van der Waals surface area contributed by atoms with Crippen LogP contribution in [0.15, 0.2) is 53.5 Å². The summed E-state index contributed by atoms with van der Waals surface area (Å²) in [5.41, 5.74) is 2.02. The van der Waals surface area contributed by atoms with Crippen LogP contribution < -0.4 is 4.74 Å². The normalized spacial score (nSPS) is 13.6. The summed E-state index contributed by atoms with van der Waals surface area (Å²) in [7, 11) is 0. The summed E-state index contributed by atoms with van der Waals surface area (Å²) in [5.74, 6) is 1.59. The molecular weight excluding hydrogens is 368 g/mol. The Balaban J connectivity index is 1.58. The quantitative estimate of drug-likeness (QED) is 0.735. The number of benzene rings is 2. The van der Waals surface area contributed by atoms with Crippen LogP contribution >= 0.6 is 23.4 Å². The van der Waals surface area contributed by atoms with Gasteiger partial charge in [-0.05, 0) is 36.2 Å². The molecule has 0 N–H and O–H groups in total. The van der Waals surface area contributed by atoms with Gasteiger partial charge < -0.3 is 4.74 Å². The molecule has 0 spiro atoms. The number of hydrogen-bond acceptors (Lipinski definition) is 4. The fraction of sp³-hybridized carbons (Fsp3) is 0.300. The maximum Gasteiger partial charge on any atom is 0.233 e. The molecule has 1 heterocycles. The van der Waals surface area contributed by atoms with Gasteiger partial charge >= 0.3 is 0 Å². The summed E-state index contributed by atoms with van der Waals surface area (Å²) < 4.78 is 5.44. The molecule has 4 nitrogen and oxygen atoms in total. The first-order valence-corrected chi connectivity index (χ1v) is 9.96. The predicted octanol–water partition coefficient (Wildman–Crippen LogP) is 4.41. The lowest BCUT2D eigenvalue weighted by Gasteiger charge is -2.18. The molecule has 26 heavy (non-hydrogen) atoms. The van der Waals surface area contributed by atoms with Crippen LogP contribution in [-0.2, 0) is 17.0 Å². The van der Waals surface area contributed by atoms with Gasteiger partial charge in [-0.15, -0.1) is 0 Å². The van der Waals surface area contributed by atoms with E-state index in [1.807, 2.05) is 55.5 Å². The number of aliphatic imine (C=N–C) groups is 1. The van der Waals surface area contributed by atoms with E-state index in [1.54, 1.807) is 16.7 Å². The maximum atomic E-state index is 12.7. The second-order valence-corrected chi connectivity index (χ2v) is 7.19. The Hall–Kier alpha value is -1.98. The highest BCUT2D eigenvalue weighted by Crippen LogP contribution is 2.24. The third-order valence-electron chi connectivity index (χ3n) is 4.01. The molecule has 2 aromatic carbocycles. The predicted molar refractivity (Wildman–Crippen MR) is 108 cm³/mol. The van der Waals surface area contributed by atoms with Crippen LogP contribution in [0.3, 0.4) is 0 Å². The fourth-order valence-corrected chi connectivity index (χ4v) is 4.03. The van der Waals surface area contributed by atoms with Crippen LogP contribution in [0.5, 0.6) is 5.75 Å². The van der Waals surface area contributed by atoms with Crippen molar-refractivity contribution in [3.63, 3.8) is 0 Å². The van der Waals surface area contributed by atoms with Crippen molar-refractivity contribution < 1.29 is 9.53 Å². The van der Waals surface area contributed by atoms with Crippen molar-refractivity contribution in [2.45, 2.75) is 19.1 Å². The number of thioether (sulfide) groups is 1. The number of hydrogen-bond donors (Lipinski definition) is 0. The Morgan fingerprint density at radius 1 is 1.23 bits per heavy atom. The maximum absolute atomic E-state index is 12.7. The molecule has 1 aliphatic rings. The number of amidine groups is 1. The summed E-state index contributed by atoms with van der Waals surface area (Å²) in [6.07, 6.45) is 0.359. The molecule has 0 fully saturated rings. The van der Waals surface area contributed by atoms with E-state index in [0.29, 0.717) is 31.9 Å². The van der Waals surface area contributed by atoms with Crippen LogP contribution in [0.2, 0.25) is 5.02 Å². The highest BCUT2D eigenvalue weighted by atomic mass is 35.5. The molecule has 0 unspecified atom stereocenters. The Kier molecular flexibility index (Phi) is 6.58. The van der Waals surface area contributed by atoms with Crippen LogP contribution in [0.1, 0.15) is 18.1 Å². The minimum atomic E-state index is 0.0667. The van der Waals surface area contributed by atoms with E-state index >= 15 is 0 Å². The van der Waals surface area contributed by atoms with E-state index in [9.17, 15) is 4.79 Å². The van der Waals surface area contributed by atoms with Crippen LogP contribution in [0.4, 0.5) is 0 Å². The van der Waals surface area contributed by atoms with E-state index in [-0.39, 0.29) is 5.91 Å². The third kappa shape index (κ3) is 4.80. The van der Waals surface area contributed by atoms with Crippen molar-refractivity contribution in [3.05, 3.63) is 64.7 Å². The Labute approximate surface area is 163 Å². The molecule has 1 aliphatic heterocycles. The van der Waals surface area contributed by atoms with Crippen LogP contribution in [0, 0.1) is 0 Å². The molecule has 0 saturated heterocycles. The van der Waals surface area contributed by atoms with Crippen molar-refractivity contribution in [2.24, 2.45) is 4.99 Å². The molecule has 0 aromatic heterocycles. The molecule has 3 rings (SSSR count). The fourth-order valence-electron chi connectivity index (χ4n) is 2.68. The topological polar surface area (TPSA) is 41.9 Å². The lowest BCUT2D eigenvalue weighted by Crippen LogP contribution is -2.34. The van der Waals surface area contributed by atoms with Crippen molar-refractivity contribution in [1.29, 1.82) is 0 Å². The van der Waals surface area contributed by atoms with Gasteiger partial charge in [-0.25, -0.2) is 0 Å². The monoisotopic (exact) mass is 388 g/mol. The zero-order valence-corrected chi connectivity index (χ0v) is 16.2. The second kappa shape index (κ2) is 9.10. The van der Waals surface area contributed by atoms with Gasteiger partial charge in [0, 0.05) is 17.3 Å². The Morgan fingerprint density at radius 2 is 2.00 bits per heavy atom. The van der Waals surface area contributed by atoms with Crippen LogP contribution in [-0.4, -0.2) is 35.7 Å². The lowest BCUT2D eigenvalue weighted by atomic mass is 10.1. The molecule has 0 bridgehead atoms. The number of amides is 1. The number of carbonyl (C=O) groups is 1. The van der Waals surface area contributed by atoms with Gasteiger partial charge in [0.05, 0.1) is 19.6 Å². The standard InChI is InChI=1S/C20H21ClN2O2S/c1-2-25-17-9-7-15(8-10-17)13-19(24)23-12-11-22-20(23)26-14-16-5-3-4-6-18(16)21/h3-10H,2,11-14H2,1H3. The van der Waals surface area contributed by atoms with Gasteiger partial charge in [0.2, 0.25) is 5.91 Å². The first kappa shape index (κ1) is 18.8. The van der Waals surface area contributed by atoms with Crippen molar-refractivity contribution in [2.75, 3.05) is 19.7 Å². The molecule has 2 aromatic rings. The van der Waals surface area contributed by atoms with Crippen molar-refractivity contribution >= 4 is 34.4 Å². The van der Waals surface area contributed by atoms with Crippen LogP contribution in [0.25, 0.3) is 0 Å². The number of rotatable bonds is 6. The average Bonchev–Trinajstić information content (AvgIpc) is 3.12. The van der Waals surface area contributed by atoms with E-state index in [2.05, 4.69) is 4.99 Å². The molecular formula is C20H21ClN2O2S. The molecule has 136 valence electrons. The molecule has 0 saturated carbocycles. The summed E-state index contributed by atoms with van der Waals surface area (Å²) in [5, 5.41) is 1.52. The molecule has 0 atom stereocenters. The van der Waals surface area contributed by atoms with E-state index in [4.69, 9.17) is 16.3 Å². The third-order valence-corrected chi connectivity index (χ3v) is 5.44. The second-order valence-electron chi connectivity index (χ2n) is 5.84. The smallest absolute Gasteiger partial charge is 0.233 e. The number of carbonyl (C=O) groups excluding carboxylic acids is 1. The van der Waals surface area contributed by atoms with E-state index < -0.39 is 0 Å². The Morgan fingerprint density at radius 3 is 2.73 bits per heavy atom. The van der Waals surface area contributed by atoms with Gasteiger partial charge in [0.1, 0.15) is 5.75 Å². The first-order valence-electron chi connectivity index (χ1n) is 8.60. The number of halogens is 1. The molecule has 0 aliphatic carbocycles. The van der Waals surface area contributed by atoms with Gasteiger partial charge in [0.15, 0.2) is 5.17 Å². The summed E-state index contributed by atoms with van der Waals surface area (Å²) >= 11 is 7.77. The van der Waals surface area contributed by atoms with Crippen molar-refractivity contribution in [3.8, 4) is 5.75 Å². The highest BCUT2D eigenvalue weighted by Gasteiger charge is 2.24. The van der Waals surface area contributed by atoms with Crippen molar-refractivity contribution in [1.82, 2.24) is 4.90 Å². The van der Waals surface area contributed by atoms with Gasteiger partial charge in [0.25, 0.3) is 0 Å². The molecule has 0 radical (unpaired) electrons. The summed E-state index contributed by atoms with van der Waals surface area (Å²) in [4.78, 5) is 18.9. The van der Waals surface area contributed by atoms with Gasteiger partial charge in [-0.2, -0.15) is 0 Å². The number of ether oxygens (including phenoxy) is 1. The summed E-state index contributed by atoms with van der Waals surface area (Å²) in [6, 6.07) is 15.4. The highest BCUT2D eigenvalue weighted by molar-refractivity contribution is 8.13. The number of nitrogens with zero attached hydrogens (tertiary/aromatic N) is 2. The zero-order valence-electron chi connectivity index (χ0n) is 14.7.